The van der Waals surface area contributed by atoms with Crippen LogP contribution in [0.5, 0.6) is 34.5 Å². The first-order chi connectivity index (χ1) is 66.8. The molecule has 6 unspecified atom stereocenters. The standard InChI is InChI=1S/6C17H27NO2/c6*1-18(2)13-16(17(19)11-5-4-6-12-17)14-7-9-15(20-3)10-8-14/h6*7-10,16,19H,4-6,11-13H2,1-3H3/i1D3,2D3,13D2;1D3,13D2;1D3,2D3;13D2;1D3;. The van der Waals surface area contributed by atoms with Gasteiger partial charge in [0, 0.05) is 108 Å². The second kappa shape index (κ2) is 50.0. The third-order valence-electron chi connectivity index (χ3n) is 25.1. The van der Waals surface area contributed by atoms with Crippen molar-refractivity contribution in [3.05, 3.63) is 179 Å². The molecule has 12 rings (SSSR count). The zero-order valence-corrected chi connectivity index (χ0v) is 74.0. The number of aliphatic hydroxyl groups is 6. The molecule has 6 saturated carbocycles. The van der Waals surface area contributed by atoms with Crippen LogP contribution in [0.25, 0.3) is 0 Å². The molecule has 0 saturated heterocycles. The maximum Gasteiger partial charge on any atom is 0.118 e. The van der Waals surface area contributed by atoms with E-state index >= 15 is 0 Å². The fourth-order valence-corrected chi connectivity index (χ4v) is 18.5. The van der Waals surface area contributed by atoms with Crippen LogP contribution in [0.15, 0.2) is 146 Å². The zero-order valence-electron chi connectivity index (χ0n) is 98.0. The van der Waals surface area contributed by atoms with Gasteiger partial charge in [0.2, 0.25) is 0 Å². The summed E-state index contributed by atoms with van der Waals surface area (Å²) in [6.07, 6.45) is 24.2. The molecule has 0 heterocycles. The largest absolute Gasteiger partial charge is 0.497 e. The van der Waals surface area contributed by atoms with Gasteiger partial charge in [0.05, 0.1) is 76.3 Å². The van der Waals surface area contributed by atoms with Crippen molar-refractivity contribution in [1.29, 1.82) is 0 Å². The van der Waals surface area contributed by atoms with Gasteiger partial charge in [0.15, 0.2) is 0 Å². The van der Waals surface area contributed by atoms with Gasteiger partial charge < -0.3 is 88.5 Å². The average molecular weight is 1690 g/mol. The zero-order chi connectivity index (χ0) is 108. The van der Waals surface area contributed by atoms with E-state index in [9.17, 15) is 30.6 Å². The predicted molar refractivity (Wildman–Crippen MR) is 494 cm³/mol. The molecule has 18 nitrogen and oxygen atoms in total. The highest BCUT2D eigenvalue weighted by Crippen LogP contribution is 2.47. The monoisotopic (exact) mass is 1690 g/mol. The fourth-order valence-electron chi connectivity index (χ4n) is 18.5. The average Bonchev–Trinajstić information content (AvgIpc) is 0.722. The molecule has 0 spiro atoms. The van der Waals surface area contributed by atoms with E-state index in [1.165, 1.54) is 31.0 Å². The fraction of sp³-hybridized carbons (Fsp3) is 0.647. The third-order valence-corrected chi connectivity index (χ3v) is 25.1. The van der Waals surface area contributed by atoms with E-state index < -0.39 is 119 Å². The molecular formula is C102H162N6O12. The Hall–Kier alpha value is -6.36. The normalized spacial score (nSPS) is 23.8. The van der Waals surface area contributed by atoms with E-state index in [0.29, 0.717) is 96.8 Å². The van der Waals surface area contributed by atoms with Crippen molar-refractivity contribution in [3.8, 4) is 34.5 Å². The summed E-state index contributed by atoms with van der Waals surface area (Å²) in [6.45, 7) is -22.6. The molecule has 6 N–H and O–H groups in total. The van der Waals surface area contributed by atoms with Crippen molar-refractivity contribution in [2.75, 3.05) is 166 Å². The number of benzene rings is 6. The minimum atomic E-state index is -3.22. The SMILES string of the molecule is COc1ccc(C(CN(C)C)C2(O)CCCCC2)cc1.[2H]C([2H])(C(c1ccc(OC)cc1)C1(O)CCCCC1)N(C)C.[2H]C([2H])([2H])N(C([2H])([2H])[2H])C([2H])([2H])C(c1ccc(OC)cc1)C1(O)CCCCC1.[2H]C([2H])([2H])N(C)C([2H])([2H])C(c1ccc(OC)cc1)C1(O)CCCCC1.[2H]C([2H])([2H])N(C)CC(c1ccc(OC)cc1)C1(O)CCCCC1.[2H]C([2H])([2H])N(CC(c1ccc(OC)cc1)C1(O)CCCCC1)C([2H])([2H])[2H]. The van der Waals surface area contributed by atoms with Crippen molar-refractivity contribution < 1.29 is 92.0 Å². The van der Waals surface area contributed by atoms with E-state index in [1.54, 1.807) is 134 Å². The first-order valence-corrected chi connectivity index (χ1v) is 43.4. The highest BCUT2D eigenvalue weighted by Gasteiger charge is 2.45. The second-order valence-corrected chi connectivity index (χ2v) is 34.5. The van der Waals surface area contributed by atoms with E-state index in [2.05, 4.69) is 31.1 Å². The highest BCUT2D eigenvalue weighted by molar-refractivity contribution is 5.37. The lowest BCUT2D eigenvalue weighted by molar-refractivity contribution is -0.0280. The Morgan fingerprint density at radius 2 is 0.400 bits per heavy atom. The minimum absolute atomic E-state index is 0.0610. The molecule has 0 radical (unpaired) electrons. The topological polar surface area (TPSA) is 196 Å². The van der Waals surface area contributed by atoms with Gasteiger partial charge >= 0.3 is 0 Å². The first-order valence-electron chi connectivity index (χ1n) is 55.4. The van der Waals surface area contributed by atoms with Crippen LogP contribution in [0, 0.1) is 0 Å². The summed E-state index contributed by atoms with van der Waals surface area (Å²) in [6, 6.07) is 43.3. The molecular weight excluding hydrogens is 1500 g/mol. The summed E-state index contributed by atoms with van der Waals surface area (Å²) < 4.78 is 220. The lowest BCUT2D eigenvalue weighted by Gasteiger charge is -2.40. The maximum absolute atomic E-state index is 11.4. The molecule has 0 bridgehead atoms. The van der Waals surface area contributed by atoms with Gasteiger partial charge in [0.25, 0.3) is 0 Å². The lowest BCUT2D eigenvalue weighted by Crippen LogP contribution is -2.42. The predicted octanol–water partition coefficient (Wildman–Crippen LogP) is 18.2. The summed E-state index contributed by atoms with van der Waals surface area (Å²) in [5, 5.41) is 67.4. The smallest absolute Gasteiger partial charge is 0.118 e. The molecule has 120 heavy (non-hydrogen) atoms. The summed E-state index contributed by atoms with van der Waals surface area (Å²) in [5.41, 5.74) is -1.75. The Bertz CT molecular complexity index is 4680. The molecule has 6 atom stereocenters. The Morgan fingerprint density at radius 3 is 0.583 bits per heavy atom. The Kier molecular flexibility index (Phi) is 29.1. The number of methoxy groups -OCH3 is 6. The van der Waals surface area contributed by atoms with Gasteiger partial charge in [-0.05, 0) is 267 Å². The van der Waals surface area contributed by atoms with Gasteiger partial charge in [-0.1, -0.05) is 188 Å². The number of nitrogens with zero attached hydrogens (tertiary/aromatic N) is 6. The molecule has 0 aliphatic heterocycles. The van der Waals surface area contributed by atoms with Gasteiger partial charge in [-0.25, -0.2) is 0 Å². The number of likely N-dealkylation sites (N-methyl/N-ethyl adjacent to an activating group) is 6. The summed E-state index contributed by atoms with van der Waals surface area (Å²) >= 11 is 0. The van der Waals surface area contributed by atoms with Crippen LogP contribution in [0.2, 0.25) is 0 Å². The third kappa shape index (κ3) is 31.1. The van der Waals surface area contributed by atoms with Crippen LogP contribution >= 0.6 is 0 Å². The molecule has 6 aliphatic rings. The summed E-state index contributed by atoms with van der Waals surface area (Å²) in [5.74, 6) is 0.558. The quantitative estimate of drug-likeness (QED) is 0.0249. The number of hydrogen-bond acceptors (Lipinski definition) is 18. The van der Waals surface area contributed by atoms with E-state index in [1.807, 2.05) is 60.7 Å². The van der Waals surface area contributed by atoms with Crippen LogP contribution in [-0.4, -0.2) is 260 Å². The molecule has 6 aromatic rings. The van der Waals surface area contributed by atoms with Gasteiger partial charge in [0.1, 0.15) is 34.5 Å². The molecule has 6 aromatic carbocycles. The Morgan fingerprint density at radius 1 is 0.233 bits per heavy atom. The van der Waals surface area contributed by atoms with Crippen LogP contribution in [0.4, 0.5) is 0 Å². The molecule has 6 aliphatic carbocycles. The minimum Gasteiger partial charge on any atom is -0.497 e. The van der Waals surface area contributed by atoms with Crippen molar-refractivity contribution in [2.45, 2.75) is 262 Å². The van der Waals surface area contributed by atoms with E-state index in [-0.39, 0.29) is 36.1 Å². The van der Waals surface area contributed by atoms with Crippen LogP contribution in [0.3, 0.4) is 0 Å². The number of hydrogen-bond donors (Lipinski definition) is 6. The van der Waals surface area contributed by atoms with Crippen molar-refractivity contribution >= 4 is 0 Å². The highest BCUT2D eigenvalue weighted by atomic mass is 16.5. The first kappa shape index (κ1) is 69.9. The van der Waals surface area contributed by atoms with Gasteiger partial charge in [-0.2, -0.15) is 0 Å². The number of rotatable bonds is 30. The van der Waals surface area contributed by atoms with E-state index in [4.69, 9.17) is 61.3 Å². The van der Waals surface area contributed by atoms with Crippen molar-refractivity contribution in [2.24, 2.45) is 0 Å². The summed E-state index contributed by atoms with van der Waals surface area (Å²) in [4.78, 5) is 6.32. The lowest BCUT2D eigenvalue weighted by atomic mass is 9.72. The van der Waals surface area contributed by atoms with Crippen molar-refractivity contribution in [3.63, 3.8) is 0 Å². The van der Waals surface area contributed by atoms with Crippen LogP contribution in [-0.2, 0) is 0 Å². The van der Waals surface area contributed by atoms with Crippen LogP contribution in [0.1, 0.15) is 294 Å². The Balaban J connectivity index is 0.000000235. The molecule has 0 amide bonds. The summed E-state index contributed by atoms with van der Waals surface area (Å²) in [7, 11) is 19.9. The van der Waals surface area contributed by atoms with Crippen LogP contribution < -0.4 is 28.4 Å². The Labute approximate surface area is 760 Å². The van der Waals surface area contributed by atoms with Gasteiger partial charge in [-0.15, -0.1) is 0 Å². The second-order valence-electron chi connectivity index (χ2n) is 34.5. The molecule has 6 fully saturated rings. The maximum atomic E-state index is 11.4. The van der Waals surface area contributed by atoms with Gasteiger partial charge in [-0.3, -0.25) is 0 Å². The molecule has 0 aromatic heterocycles. The molecule has 18 heteroatoms. The molecule has 672 valence electrons. The number of ether oxygens (including phenoxy) is 6. The van der Waals surface area contributed by atoms with E-state index in [0.717, 1.165) is 162 Å². The van der Waals surface area contributed by atoms with Crippen molar-refractivity contribution in [1.82, 2.24) is 29.4 Å².